The maximum Gasteiger partial charge on any atom is 0.140 e. The Hall–Kier alpha value is -0.900. The molecular weight excluding hydrogens is 188 g/mol. The Morgan fingerprint density at radius 3 is 2.67 bits per heavy atom. The summed E-state index contributed by atoms with van der Waals surface area (Å²) in [5.74, 6) is 1.76. The first-order chi connectivity index (χ1) is 7.31. The average molecular weight is 210 g/mol. The molecule has 0 aliphatic carbocycles. The quantitative estimate of drug-likeness (QED) is 0.746. The highest BCUT2D eigenvalue weighted by atomic mass is 15.3. The van der Waals surface area contributed by atoms with Crippen molar-refractivity contribution in [3.8, 4) is 0 Å². The minimum Gasteiger partial charge on any atom is -0.310 e. The predicted octanol–water partition coefficient (Wildman–Crippen LogP) is 1.82. The van der Waals surface area contributed by atoms with Crippen molar-refractivity contribution in [3.63, 3.8) is 0 Å². The van der Waals surface area contributed by atoms with Gasteiger partial charge in [0.1, 0.15) is 12.2 Å². The van der Waals surface area contributed by atoms with Crippen LogP contribution in [0.1, 0.15) is 39.4 Å². The summed E-state index contributed by atoms with van der Waals surface area (Å²) in [7, 11) is 0. The molecule has 4 heteroatoms. The second kappa shape index (κ2) is 6.56. The fourth-order valence-corrected chi connectivity index (χ4v) is 1.61. The molecule has 86 valence electrons. The van der Waals surface area contributed by atoms with Crippen LogP contribution in [0.5, 0.6) is 0 Å². The van der Waals surface area contributed by atoms with E-state index in [0.29, 0.717) is 5.92 Å². The zero-order valence-electron chi connectivity index (χ0n) is 10.0. The second-order valence-corrected chi connectivity index (χ2v) is 3.82. The Kier molecular flexibility index (Phi) is 5.32. The van der Waals surface area contributed by atoms with Gasteiger partial charge < -0.3 is 5.32 Å². The molecule has 1 heterocycles. The van der Waals surface area contributed by atoms with E-state index in [1.165, 1.54) is 12.8 Å². The summed E-state index contributed by atoms with van der Waals surface area (Å²) in [6.07, 6.45) is 4.06. The molecule has 0 saturated heterocycles. The third-order valence-corrected chi connectivity index (χ3v) is 2.81. The van der Waals surface area contributed by atoms with Crippen molar-refractivity contribution >= 4 is 0 Å². The first-order valence-corrected chi connectivity index (χ1v) is 5.89. The van der Waals surface area contributed by atoms with E-state index >= 15 is 0 Å². The minimum absolute atomic E-state index is 0.715. The van der Waals surface area contributed by atoms with E-state index in [0.717, 1.165) is 25.5 Å². The largest absolute Gasteiger partial charge is 0.310 e. The molecule has 4 nitrogen and oxygen atoms in total. The number of hydrogen-bond donors (Lipinski definition) is 1. The van der Waals surface area contributed by atoms with Gasteiger partial charge in [-0.2, -0.15) is 5.10 Å². The molecule has 1 rings (SSSR count). The Balaban J connectivity index is 2.55. The lowest BCUT2D eigenvalue weighted by Gasteiger charge is -2.13. The van der Waals surface area contributed by atoms with Gasteiger partial charge in [0.2, 0.25) is 0 Å². The second-order valence-electron chi connectivity index (χ2n) is 3.82. The van der Waals surface area contributed by atoms with Crippen LogP contribution >= 0.6 is 0 Å². The van der Waals surface area contributed by atoms with Crippen LogP contribution < -0.4 is 5.32 Å². The molecular formula is C11H22N4. The van der Waals surface area contributed by atoms with Gasteiger partial charge in [-0.25, -0.2) is 9.67 Å². The minimum atomic E-state index is 0.715. The van der Waals surface area contributed by atoms with Gasteiger partial charge >= 0.3 is 0 Å². The lowest BCUT2D eigenvalue weighted by molar-refractivity contribution is 0.384. The summed E-state index contributed by atoms with van der Waals surface area (Å²) in [6.45, 7) is 9.34. The van der Waals surface area contributed by atoms with Crippen LogP contribution in [0.4, 0.5) is 0 Å². The smallest absolute Gasteiger partial charge is 0.140 e. The van der Waals surface area contributed by atoms with Crippen molar-refractivity contribution < 1.29 is 0 Å². The molecule has 0 aromatic carbocycles. The average Bonchev–Trinajstić information content (AvgIpc) is 2.70. The third-order valence-electron chi connectivity index (χ3n) is 2.81. The highest BCUT2D eigenvalue weighted by Gasteiger charge is 2.09. The number of nitrogens with one attached hydrogen (secondary N) is 1. The summed E-state index contributed by atoms with van der Waals surface area (Å²) < 4.78 is 2.03. The molecule has 0 fully saturated rings. The monoisotopic (exact) mass is 210 g/mol. The first kappa shape index (κ1) is 12.2. The summed E-state index contributed by atoms with van der Waals surface area (Å²) >= 11 is 0. The molecule has 1 aromatic rings. The molecule has 0 spiro atoms. The van der Waals surface area contributed by atoms with Gasteiger partial charge in [0, 0.05) is 6.54 Å². The van der Waals surface area contributed by atoms with Gasteiger partial charge in [0.05, 0.1) is 6.54 Å². The van der Waals surface area contributed by atoms with Gasteiger partial charge in [0.15, 0.2) is 0 Å². The molecule has 0 amide bonds. The highest BCUT2D eigenvalue weighted by molar-refractivity contribution is 4.84. The molecule has 0 unspecified atom stereocenters. The van der Waals surface area contributed by atoms with E-state index in [1.807, 2.05) is 4.68 Å². The Morgan fingerprint density at radius 1 is 1.33 bits per heavy atom. The Bertz CT molecular complexity index is 265. The van der Waals surface area contributed by atoms with Crippen molar-refractivity contribution in [1.29, 1.82) is 0 Å². The molecule has 0 atom stereocenters. The van der Waals surface area contributed by atoms with Crippen molar-refractivity contribution in [2.75, 3.05) is 6.54 Å². The zero-order chi connectivity index (χ0) is 11.1. The number of hydrogen-bond acceptors (Lipinski definition) is 3. The lowest BCUT2D eigenvalue weighted by Crippen LogP contribution is -2.19. The molecule has 1 N–H and O–H groups in total. The van der Waals surface area contributed by atoms with Gasteiger partial charge in [0.25, 0.3) is 0 Å². The maximum absolute atomic E-state index is 4.27. The maximum atomic E-state index is 4.27. The normalized spacial score (nSPS) is 11.2. The van der Waals surface area contributed by atoms with Crippen LogP contribution in [0.3, 0.4) is 0 Å². The molecule has 0 radical (unpaired) electrons. The topological polar surface area (TPSA) is 42.7 Å². The van der Waals surface area contributed by atoms with E-state index in [9.17, 15) is 0 Å². The summed E-state index contributed by atoms with van der Waals surface area (Å²) in [4.78, 5) is 4.26. The number of nitrogens with zero attached hydrogens (tertiary/aromatic N) is 3. The third kappa shape index (κ3) is 3.63. The van der Waals surface area contributed by atoms with E-state index in [1.54, 1.807) is 6.33 Å². The van der Waals surface area contributed by atoms with Crippen molar-refractivity contribution in [1.82, 2.24) is 20.1 Å². The predicted molar refractivity (Wildman–Crippen MR) is 61.5 cm³/mol. The van der Waals surface area contributed by atoms with E-state index in [2.05, 4.69) is 36.2 Å². The SMILES string of the molecule is CCNCc1ncnn1CC(CC)CC. The van der Waals surface area contributed by atoms with Crippen LogP contribution in [0, 0.1) is 5.92 Å². The molecule has 0 aliphatic heterocycles. The molecule has 15 heavy (non-hydrogen) atoms. The van der Waals surface area contributed by atoms with Crippen molar-refractivity contribution in [3.05, 3.63) is 12.2 Å². The van der Waals surface area contributed by atoms with Crippen LogP contribution in [0.2, 0.25) is 0 Å². The molecule has 1 aromatic heterocycles. The van der Waals surface area contributed by atoms with Gasteiger partial charge in [-0.1, -0.05) is 33.6 Å². The fraction of sp³-hybridized carbons (Fsp3) is 0.818. The van der Waals surface area contributed by atoms with Gasteiger partial charge in [-0.05, 0) is 12.5 Å². The van der Waals surface area contributed by atoms with Crippen LogP contribution in [-0.2, 0) is 13.1 Å². The van der Waals surface area contributed by atoms with E-state index in [-0.39, 0.29) is 0 Å². The first-order valence-electron chi connectivity index (χ1n) is 5.89. The highest BCUT2D eigenvalue weighted by Crippen LogP contribution is 2.10. The number of aromatic nitrogens is 3. The fourth-order valence-electron chi connectivity index (χ4n) is 1.61. The standard InChI is InChI=1S/C11H22N4/c1-4-10(5-2)8-15-11(7-12-6-3)13-9-14-15/h9-10,12H,4-8H2,1-3H3. The van der Waals surface area contributed by atoms with Crippen molar-refractivity contribution in [2.24, 2.45) is 5.92 Å². The molecule has 0 bridgehead atoms. The summed E-state index contributed by atoms with van der Waals surface area (Å²) in [6, 6.07) is 0. The van der Waals surface area contributed by atoms with Crippen LogP contribution in [0.25, 0.3) is 0 Å². The number of rotatable bonds is 7. The molecule has 0 aliphatic rings. The van der Waals surface area contributed by atoms with E-state index < -0.39 is 0 Å². The van der Waals surface area contributed by atoms with Gasteiger partial charge in [-0.15, -0.1) is 0 Å². The zero-order valence-corrected chi connectivity index (χ0v) is 10.0. The van der Waals surface area contributed by atoms with Crippen molar-refractivity contribution in [2.45, 2.75) is 46.7 Å². The molecule has 0 saturated carbocycles. The van der Waals surface area contributed by atoms with E-state index in [4.69, 9.17) is 0 Å². The summed E-state index contributed by atoms with van der Waals surface area (Å²) in [5.41, 5.74) is 0. The summed E-state index contributed by atoms with van der Waals surface area (Å²) in [5, 5.41) is 7.55. The Labute approximate surface area is 92.1 Å². The van der Waals surface area contributed by atoms with Crippen LogP contribution in [-0.4, -0.2) is 21.3 Å². The lowest BCUT2D eigenvalue weighted by atomic mass is 10.0. The Morgan fingerprint density at radius 2 is 2.07 bits per heavy atom. The van der Waals surface area contributed by atoms with Crippen LogP contribution in [0.15, 0.2) is 6.33 Å². The van der Waals surface area contributed by atoms with Gasteiger partial charge in [-0.3, -0.25) is 0 Å².